The number of benzene rings is 2. The van der Waals surface area contributed by atoms with Crippen molar-refractivity contribution in [3.8, 4) is 0 Å². The van der Waals surface area contributed by atoms with Gasteiger partial charge in [0.1, 0.15) is 6.04 Å². The Balaban J connectivity index is 1.36. The van der Waals surface area contributed by atoms with E-state index >= 15 is 0 Å². The molecule has 7 nitrogen and oxygen atoms in total. The van der Waals surface area contributed by atoms with Gasteiger partial charge in [-0.1, -0.05) is 36.4 Å². The van der Waals surface area contributed by atoms with E-state index in [4.69, 9.17) is 0 Å². The van der Waals surface area contributed by atoms with Crippen molar-refractivity contribution in [1.82, 2.24) is 20.9 Å². The van der Waals surface area contributed by atoms with Gasteiger partial charge in [0.05, 0.1) is 0 Å². The molecule has 0 aromatic heterocycles. The van der Waals surface area contributed by atoms with E-state index < -0.39 is 6.04 Å². The van der Waals surface area contributed by atoms with Gasteiger partial charge in [-0.3, -0.25) is 19.7 Å². The van der Waals surface area contributed by atoms with Crippen LogP contribution in [0.1, 0.15) is 45.5 Å². The lowest BCUT2D eigenvalue weighted by atomic mass is 10.0. The van der Waals surface area contributed by atoms with Gasteiger partial charge in [0.15, 0.2) is 0 Å². The lowest BCUT2D eigenvalue weighted by molar-refractivity contribution is -0.136. The minimum atomic E-state index is -0.574. The number of rotatable bonds is 7. The highest BCUT2D eigenvalue weighted by molar-refractivity contribution is 6.05. The zero-order valence-corrected chi connectivity index (χ0v) is 17.0. The van der Waals surface area contributed by atoms with Crippen LogP contribution in [0.3, 0.4) is 0 Å². The van der Waals surface area contributed by atoms with Gasteiger partial charge in [-0.05, 0) is 41.8 Å². The number of nitrogens with zero attached hydrogens (tertiary/aromatic N) is 1. The molecule has 2 aromatic carbocycles. The highest BCUT2D eigenvalue weighted by atomic mass is 16.2. The molecule has 2 aromatic rings. The third kappa shape index (κ3) is 4.27. The molecule has 1 atom stereocenters. The fraction of sp³-hybridized carbons (Fsp3) is 0.348. The first-order valence-corrected chi connectivity index (χ1v) is 10.2. The maximum absolute atomic E-state index is 12.9. The molecule has 4 rings (SSSR count). The third-order valence-corrected chi connectivity index (χ3v) is 5.65. The van der Waals surface area contributed by atoms with Crippen LogP contribution in [-0.2, 0) is 35.8 Å². The molecule has 1 unspecified atom stereocenters. The Morgan fingerprint density at radius 1 is 0.967 bits per heavy atom. The average molecular weight is 406 g/mol. The van der Waals surface area contributed by atoms with E-state index in [9.17, 15) is 14.4 Å². The zero-order valence-electron chi connectivity index (χ0n) is 17.0. The normalized spacial score (nSPS) is 18.5. The molecule has 2 aliphatic heterocycles. The molecule has 2 aliphatic rings. The number of nitrogens with one attached hydrogen (secondary N) is 3. The third-order valence-electron chi connectivity index (χ3n) is 5.65. The van der Waals surface area contributed by atoms with Gasteiger partial charge < -0.3 is 15.5 Å². The molecule has 0 radical (unpaired) electrons. The first-order chi connectivity index (χ1) is 14.5. The number of piperidine rings is 1. The Bertz CT molecular complexity index is 971. The van der Waals surface area contributed by atoms with E-state index in [-0.39, 0.29) is 24.1 Å². The fourth-order valence-corrected chi connectivity index (χ4v) is 4.04. The van der Waals surface area contributed by atoms with E-state index in [1.807, 2.05) is 25.2 Å². The van der Waals surface area contributed by atoms with Crippen molar-refractivity contribution in [1.29, 1.82) is 0 Å². The van der Waals surface area contributed by atoms with Crippen LogP contribution in [0.2, 0.25) is 0 Å². The maximum atomic E-state index is 12.9. The van der Waals surface area contributed by atoms with Crippen LogP contribution >= 0.6 is 0 Å². The predicted molar refractivity (Wildman–Crippen MR) is 112 cm³/mol. The molecule has 2 heterocycles. The monoisotopic (exact) mass is 406 g/mol. The van der Waals surface area contributed by atoms with Gasteiger partial charge in [0.2, 0.25) is 11.8 Å². The van der Waals surface area contributed by atoms with Gasteiger partial charge in [0.25, 0.3) is 5.91 Å². The summed E-state index contributed by atoms with van der Waals surface area (Å²) in [5, 5.41) is 8.89. The second-order valence-electron chi connectivity index (χ2n) is 7.84. The number of carbonyl (C=O) groups excluding carboxylic acids is 3. The van der Waals surface area contributed by atoms with E-state index in [2.05, 4.69) is 40.2 Å². The molecule has 0 bridgehead atoms. The summed E-state index contributed by atoms with van der Waals surface area (Å²) in [7, 11) is 1.93. The van der Waals surface area contributed by atoms with Crippen LogP contribution in [-0.4, -0.2) is 35.7 Å². The van der Waals surface area contributed by atoms with Gasteiger partial charge in [-0.15, -0.1) is 0 Å². The molecule has 3 N–H and O–H groups in total. The highest BCUT2D eigenvalue weighted by Crippen LogP contribution is 2.28. The van der Waals surface area contributed by atoms with E-state index in [1.54, 1.807) is 4.90 Å². The van der Waals surface area contributed by atoms with Gasteiger partial charge in [0, 0.05) is 38.2 Å². The molecular formula is C23H26N4O3. The number of imide groups is 1. The maximum Gasteiger partial charge on any atom is 0.255 e. The number of hydrogen-bond donors (Lipinski definition) is 3. The van der Waals surface area contributed by atoms with Crippen molar-refractivity contribution in [2.24, 2.45) is 0 Å². The summed E-state index contributed by atoms with van der Waals surface area (Å²) in [6.45, 7) is 2.66. The number of hydrogen-bond acceptors (Lipinski definition) is 5. The molecular weight excluding hydrogens is 380 g/mol. The Morgan fingerprint density at radius 3 is 2.33 bits per heavy atom. The van der Waals surface area contributed by atoms with E-state index in [0.717, 1.165) is 24.2 Å². The van der Waals surface area contributed by atoms with Crippen molar-refractivity contribution in [3.63, 3.8) is 0 Å². The number of carbonyl (C=O) groups is 3. The lowest BCUT2D eigenvalue weighted by Crippen LogP contribution is -2.52. The molecule has 0 aliphatic carbocycles. The van der Waals surface area contributed by atoms with Gasteiger partial charge in [-0.2, -0.15) is 0 Å². The quantitative estimate of drug-likeness (QED) is 0.606. The number of amides is 3. The lowest BCUT2D eigenvalue weighted by Gasteiger charge is -2.29. The van der Waals surface area contributed by atoms with Crippen molar-refractivity contribution in [2.45, 2.75) is 45.1 Å². The number of fused-ring (bicyclic) bond motifs is 1. The summed E-state index contributed by atoms with van der Waals surface area (Å²) in [5.41, 5.74) is 5.05. The molecule has 0 saturated carbocycles. The summed E-state index contributed by atoms with van der Waals surface area (Å²) in [6.07, 6.45) is 0.646. The first-order valence-electron chi connectivity index (χ1n) is 10.2. The SMILES string of the molecule is CNCc1ccc(CNCc2ccc3c(c2)C(=O)N(C2CCC(=O)NC2=O)C3)cc1. The molecule has 1 fully saturated rings. The van der Waals surface area contributed by atoms with Crippen LogP contribution in [0.25, 0.3) is 0 Å². The van der Waals surface area contributed by atoms with Crippen LogP contribution < -0.4 is 16.0 Å². The summed E-state index contributed by atoms with van der Waals surface area (Å²) in [4.78, 5) is 38.0. The zero-order chi connectivity index (χ0) is 21.1. The smallest absolute Gasteiger partial charge is 0.255 e. The van der Waals surface area contributed by atoms with Crippen molar-refractivity contribution >= 4 is 17.7 Å². The predicted octanol–water partition coefficient (Wildman–Crippen LogP) is 1.46. The van der Waals surface area contributed by atoms with Crippen LogP contribution in [0.15, 0.2) is 42.5 Å². The summed E-state index contributed by atoms with van der Waals surface area (Å²) < 4.78 is 0. The van der Waals surface area contributed by atoms with Crippen LogP contribution in [0.5, 0.6) is 0 Å². The van der Waals surface area contributed by atoms with Crippen molar-refractivity contribution in [2.75, 3.05) is 7.05 Å². The largest absolute Gasteiger partial charge is 0.322 e. The van der Waals surface area contributed by atoms with Gasteiger partial charge >= 0.3 is 0 Å². The Morgan fingerprint density at radius 2 is 1.63 bits per heavy atom. The molecule has 1 saturated heterocycles. The molecule has 3 amide bonds. The summed E-state index contributed by atoms with van der Waals surface area (Å²) in [6, 6.07) is 13.8. The first kappa shape index (κ1) is 20.3. The Kier molecular flexibility index (Phi) is 5.92. The molecule has 156 valence electrons. The van der Waals surface area contributed by atoms with Gasteiger partial charge in [-0.25, -0.2) is 0 Å². The minimum absolute atomic E-state index is 0.138. The second-order valence-corrected chi connectivity index (χ2v) is 7.84. The Hall–Kier alpha value is -3.03. The molecule has 30 heavy (non-hydrogen) atoms. The second kappa shape index (κ2) is 8.77. The average Bonchev–Trinajstić information content (AvgIpc) is 3.05. The fourth-order valence-electron chi connectivity index (χ4n) is 4.04. The van der Waals surface area contributed by atoms with E-state index in [1.165, 1.54) is 11.1 Å². The highest BCUT2D eigenvalue weighted by Gasteiger charge is 2.39. The summed E-state index contributed by atoms with van der Waals surface area (Å²) in [5.74, 6) is -0.790. The Labute approximate surface area is 175 Å². The standard InChI is InChI=1S/C23H26N4O3/c1-24-11-15-2-4-16(5-3-15)12-25-13-17-6-7-18-14-27(23(30)19(18)10-17)20-8-9-21(28)26-22(20)29/h2-7,10,20,24-25H,8-9,11-14H2,1H3,(H,26,28,29). The van der Waals surface area contributed by atoms with Crippen LogP contribution in [0, 0.1) is 0 Å². The van der Waals surface area contributed by atoms with Crippen LogP contribution in [0.4, 0.5) is 0 Å². The molecule has 0 spiro atoms. The topological polar surface area (TPSA) is 90.5 Å². The van der Waals surface area contributed by atoms with Crippen molar-refractivity contribution in [3.05, 3.63) is 70.3 Å². The molecule has 7 heteroatoms. The van der Waals surface area contributed by atoms with E-state index in [0.29, 0.717) is 25.1 Å². The summed E-state index contributed by atoms with van der Waals surface area (Å²) >= 11 is 0. The van der Waals surface area contributed by atoms with Crippen molar-refractivity contribution < 1.29 is 14.4 Å². The minimum Gasteiger partial charge on any atom is -0.322 e.